The van der Waals surface area contributed by atoms with Crippen LogP contribution in [0, 0.1) is 10.1 Å². The molecule has 2 N–H and O–H groups in total. The first kappa shape index (κ1) is 15.2. The third-order valence-electron chi connectivity index (χ3n) is 2.78. The van der Waals surface area contributed by atoms with Gasteiger partial charge in [-0.1, -0.05) is 24.3 Å². The molecule has 0 unspecified atom stereocenters. The minimum Gasteiger partial charge on any atom is -0.508 e. The maximum atomic E-state index is 11.7. The second-order valence-electron chi connectivity index (χ2n) is 4.49. The average molecular weight is 299 g/mol. The standard InChI is InChI=1S/C15H13N3O4/c19-14-6-4-11(5-7-14)9-15(20)17-16-10-12-2-1-3-13(8-12)18(21)22/h1-8,10,19H,9H2,(H,17,20)/b16-10-. The minimum atomic E-state index is -0.499. The van der Waals surface area contributed by atoms with Gasteiger partial charge < -0.3 is 5.11 Å². The van der Waals surface area contributed by atoms with Crippen LogP contribution in [0.4, 0.5) is 5.69 Å². The summed E-state index contributed by atoms with van der Waals surface area (Å²) < 4.78 is 0. The summed E-state index contributed by atoms with van der Waals surface area (Å²) in [4.78, 5) is 21.8. The molecule has 0 fully saturated rings. The molecular weight excluding hydrogens is 286 g/mol. The number of benzene rings is 2. The molecule has 0 aliphatic rings. The largest absolute Gasteiger partial charge is 0.508 e. The number of phenols is 1. The second-order valence-corrected chi connectivity index (χ2v) is 4.49. The van der Waals surface area contributed by atoms with Crippen molar-refractivity contribution in [3.05, 3.63) is 69.8 Å². The van der Waals surface area contributed by atoms with Crippen LogP contribution in [0.5, 0.6) is 5.75 Å². The molecule has 0 atom stereocenters. The number of nitrogens with one attached hydrogen (secondary N) is 1. The number of amides is 1. The summed E-state index contributed by atoms with van der Waals surface area (Å²) in [6.07, 6.45) is 1.45. The Hall–Kier alpha value is -3.22. The Morgan fingerprint density at radius 2 is 2.00 bits per heavy atom. The van der Waals surface area contributed by atoms with Crippen molar-refractivity contribution in [2.75, 3.05) is 0 Å². The number of hydrazone groups is 1. The lowest BCUT2D eigenvalue weighted by Gasteiger charge is -2.00. The van der Waals surface area contributed by atoms with E-state index in [0.717, 1.165) is 5.56 Å². The summed E-state index contributed by atoms with van der Waals surface area (Å²) in [5, 5.41) is 23.5. The van der Waals surface area contributed by atoms with Gasteiger partial charge in [0.05, 0.1) is 17.6 Å². The molecule has 7 heteroatoms. The Labute approximate surface area is 126 Å². The number of carbonyl (C=O) groups excluding carboxylic acids is 1. The molecule has 0 aliphatic heterocycles. The number of non-ortho nitro benzene ring substituents is 1. The number of hydrogen-bond donors (Lipinski definition) is 2. The number of hydrogen-bond acceptors (Lipinski definition) is 5. The fourth-order valence-electron chi connectivity index (χ4n) is 1.74. The quantitative estimate of drug-likeness (QED) is 0.500. The fraction of sp³-hybridized carbons (Fsp3) is 0.0667. The van der Waals surface area contributed by atoms with Gasteiger partial charge in [0, 0.05) is 17.7 Å². The molecule has 1 amide bonds. The predicted molar refractivity (Wildman–Crippen MR) is 80.6 cm³/mol. The average Bonchev–Trinajstić information content (AvgIpc) is 2.50. The molecule has 0 bridgehead atoms. The van der Waals surface area contributed by atoms with E-state index in [1.54, 1.807) is 18.2 Å². The van der Waals surface area contributed by atoms with Crippen molar-refractivity contribution in [1.82, 2.24) is 5.43 Å². The lowest BCUT2D eigenvalue weighted by atomic mass is 10.1. The summed E-state index contributed by atoms with van der Waals surface area (Å²) in [6, 6.07) is 12.2. The molecule has 2 rings (SSSR count). The summed E-state index contributed by atoms with van der Waals surface area (Å²) in [5.74, 6) is -0.194. The lowest BCUT2D eigenvalue weighted by Crippen LogP contribution is -2.19. The van der Waals surface area contributed by atoms with Crippen molar-refractivity contribution in [3.63, 3.8) is 0 Å². The number of aromatic hydroxyl groups is 1. The molecule has 2 aromatic carbocycles. The Morgan fingerprint density at radius 3 is 2.68 bits per heavy atom. The summed E-state index contributed by atoms with van der Waals surface area (Å²) in [5.41, 5.74) is 3.55. The predicted octanol–water partition coefficient (Wildman–Crippen LogP) is 1.99. The maximum Gasteiger partial charge on any atom is 0.270 e. The van der Waals surface area contributed by atoms with E-state index in [-0.39, 0.29) is 23.8 Å². The highest BCUT2D eigenvalue weighted by Gasteiger charge is 2.04. The van der Waals surface area contributed by atoms with Crippen LogP contribution in [-0.2, 0) is 11.2 Å². The van der Waals surface area contributed by atoms with Gasteiger partial charge in [0.25, 0.3) is 5.69 Å². The normalized spacial score (nSPS) is 10.5. The molecule has 2 aromatic rings. The van der Waals surface area contributed by atoms with Crippen LogP contribution in [0.1, 0.15) is 11.1 Å². The number of rotatable bonds is 5. The zero-order valence-corrected chi connectivity index (χ0v) is 11.5. The van der Waals surface area contributed by atoms with Crippen molar-refractivity contribution >= 4 is 17.8 Å². The molecule has 0 saturated carbocycles. The van der Waals surface area contributed by atoms with Gasteiger partial charge in [-0.05, 0) is 17.7 Å². The number of phenolic OH excluding ortho intramolecular Hbond substituents is 1. The first-order valence-corrected chi connectivity index (χ1v) is 6.39. The molecular formula is C15H13N3O4. The maximum absolute atomic E-state index is 11.7. The van der Waals surface area contributed by atoms with Gasteiger partial charge in [-0.25, -0.2) is 5.43 Å². The van der Waals surface area contributed by atoms with E-state index in [1.807, 2.05) is 0 Å². The van der Waals surface area contributed by atoms with Crippen LogP contribution < -0.4 is 5.43 Å². The van der Waals surface area contributed by atoms with Crippen LogP contribution >= 0.6 is 0 Å². The van der Waals surface area contributed by atoms with Gasteiger partial charge >= 0.3 is 0 Å². The highest BCUT2D eigenvalue weighted by Crippen LogP contribution is 2.11. The number of nitro groups is 1. The van der Waals surface area contributed by atoms with E-state index in [2.05, 4.69) is 10.5 Å². The zero-order valence-electron chi connectivity index (χ0n) is 11.5. The molecule has 0 heterocycles. The van der Waals surface area contributed by atoms with Crippen molar-refractivity contribution in [1.29, 1.82) is 0 Å². The monoisotopic (exact) mass is 299 g/mol. The van der Waals surface area contributed by atoms with E-state index in [9.17, 15) is 14.9 Å². The van der Waals surface area contributed by atoms with Gasteiger partial charge in [-0.2, -0.15) is 5.10 Å². The lowest BCUT2D eigenvalue weighted by molar-refractivity contribution is -0.384. The Morgan fingerprint density at radius 1 is 1.27 bits per heavy atom. The van der Waals surface area contributed by atoms with Crippen LogP contribution in [0.15, 0.2) is 53.6 Å². The van der Waals surface area contributed by atoms with E-state index in [1.165, 1.54) is 36.5 Å². The second kappa shape index (κ2) is 6.98. The number of nitrogens with zero attached hydrogens (tertiary/aromatic N) is 2. The van der Waals surface area contributed by atoms with Crippen molar-refractivity contribution in [2.24, 2.45) is 5.10 Å². The Balaban J connectivity index is 1.91. The van der Waals surface area contributed by atoms with Crippen LogP contribution in [0.3, 0.4) is 0 Å². The summed E-state index contributed by atoms with van der Waals surface area (Å²) >= 11 is 0. The molecule has 0 radical (unpaired) electrons. The minimum absolute atomic E-state index is 0.0423. The van der Waals surface area contributed by atoms with Crippen molar-refractivity contribution in [3.8, 4) is 5.75 Å². The molecule has 0 saturated heterocycles. The van der Waals surface area contributed by atoms with Crippen molar-refractivity contribution in [2.45, 2.75) is 6.42 Å². The smallest absolute Gasteiger partial charge is 0.270 e. The first-order valence-electron chi connectivity index (χ1n) is 6.39. The summed E-state index contributed by atoms with van der Waals surface area (Å²) in [7, 11) is 0. The topological polar surface area (TPSA) is 105 Å². The Kier molecular flexibility index (Phi) is 4.81. The number of nitro benzene ring substituents is 1. The zero-order chi connectivity index (χ0) is 15.9. The molecule has 0 spiro atoms. The fourth-order valence-corrected chi connectivity index (χ4v) is 1.74. The van der Waals surface area contributed by atoms with Gasteiger partial charge in [0.1, 0.15) is 5.75 Å². The van der Waals surface area contributed by atoms with Gasteiger partial charge in [-0.3, -0.25) is 14.9 Å². The third-order valence-corrected chi connectivity index (χ3v) is 2.78. The van der Waals surface area contributed by atoms with E-state index >= 15 is 0 Å². The third kappa shape index (κ3) is 4.41. The van der Waals surface area contributed by atoms with Crippen LogP contribution in [0.2, 0.25) is 0 Å². The van der Waals surface area contributed by atoms with Gasteiger partial charge in [0.15, 0.2) is 0 Å². The highest BCUT2D eigenvalue weighted by molar-refractivity contribution is 5.83. The van der Waals surface area contributed by atoms with E-state index in [0.29, 0.717) is 5.56 Å². The number of carbonyl (C=O) groups is 1. The molecule has 112 valence electrons. The van der Waals surface area contributed by atoms with E-state index < -0.39 is 4.92 Å². The molecule has 0 aromatic heterocycles. The molecule has 0 aliphatic carbocycles. The molecule has 7 nitrogen and oxygen atoms in total. The molecule has 22 heavy (non-hydrogen) atoms. The van der Waals surface area contributed by atoms with Gasteiger partial charge in [-0.15, -0.1) is 0 Å². The first-order chi connectivity index (χ1) is 10.5. The highest BCUT2D eigenvalue weighted by atomic mass is 16.6. The van der Waals surface area contributed by atoms with E-state index in [4.69, 9.17) is 5.11 Å². The van der Waals surface area contributed by atoms with Gasteiger partial charge in [0.2, 0.25) is 5.91 Å². The van der Waals surface area contributed by atoms with Crippen LogP contribution in [-0.4, -0.2) is 22.2 Å². The SMILES string of the molecule is O=C(Cc1ccc(O)cc1)N/N=C\c1cccc([N+](=O)[O-])c1. The summed E-state index contributed by atoms with van der Waals surface area (Å²) in [6.45, 7) is 0. The van der Waals surface area contributed by atoms with Crippen LogP contribution in [0.25, 0.3) is 0 Å². The Bertz CT molecular complexity index is 711. The van der Waals surface area contributed by atoms with Crippen molar-refractivity contribution < 1.29 is 14.8 Å².